The van der Waals surface area contributed by atoms with Gasteiger partial charge in [0.05, 0.1) is 11.6 Å². The number of nitrogens with one attached hydrogen (secondary N) is 2. The number of benzene rings is 1. The van der Waals surface area contributed by atoms with Gasteiger partial charge in [0.1, 0.15) is 12.1 Å². The van der Waals surface area contributed by atoms with Crippen LogP contribution in [0.25, 0.3) is 16.6 Å². The zero-order valence-electron chi connectivity index (χ0n) is 17.1. The number of aliphatic hydroxyl groups excluding tert-OH is 1. The van der Waals surface area contributed by atoms with Crippen molar-refractivity contribution in [2.75, 3.05) is 0 Å². The van der Waals surface area contributed by atoms with Gasteiger partial charge in [-0.1, -0.05) is 12.1 Å². The van der Waals surface area contributed by atoms with Crippen LogP contribution in [0.15, 0.2) is 55.1 Å². The lowest BCUT2D eigenvalue weighted by atomic mass is 9.88. The van der Waals surface area contributed by atoms with E-state index >= 15 is 0 Å². The van der Waals surface area contributed by atoms with Gasteiger partial charge in [0.25, 0.3) is 0 Å². The predicted octanol–water partition coefficient (Wildman–Crippen LogP) is 2.58. The Balaban J connectivity index is 1.16. The molecule has 1 aliphatic carbocycles. The third-order valence-electron chi connectivity index (χ3n) is 6.11. The van der Waals surface area contributed by atoms with Gasteiger partial charge in [0.15, 0.2) is 5.65 Å². The fraction of sp³-hybridized carbons (Fsp3) is 0.348. The summed E-state index contributed by atoms with van der Waals surface area (Å²) in [6.07, 6.45) is 7.02. The zero-order valence-corrected chi connectivity index (χ0v) is 17.1. The summed E-state index contributed by atoms with van der Waals surface area (Å²) in [4.78, 5) is 8.50. The largest absolute Gasteiger partial charge is 0.391 e. The molecule has 0 bridgehead atoms. The van der Waals surface area contributed by atoms with Gasteiger partial charge in [-0.15, -0.1) is 0 Å². The maximum absolute atomic E-state index is 14.4. The summed E-state index contributed by atoms with van der Waals surface area (Å²) in [6, 6.07) is 11.2. The zero-order chi connectivity index (χ0) is 21.2. The second-order valence-corrected chi connectivity index (χ2v) is 8.15. The van der Waals surface area contributed by atoms with Gasteiger partial charge in [-0.2, -0.15) is 5.10 Å². The molecule has 1 aromatic carbocycles. The van der Waals surface area contributed by atoms with E-state index in [2.05, 4.69) is 25.7 Å². The third kappa shape index (κ3) is 4.27. The highest BCUT2D eigenvalue weighted by Gasteiger charge is 2.28. The summed E-state index contributed by atoms with van der Waals surface area (Å²) < 4.78 is 16.2. The van der Waals surface area contributed by atoms with Crippen molar-refractivity contribution in [3.05, 3.63) is 72.1 Å². The Bertz CT molecular complexity index is 1200. The Hall–Kier alpha value is -2.94. The molecule has 0 aliphatic heterocycles. The number of hydrogen-bond donors (Lipinski definition) is 3. The van der Waals surface area contributed by atoms with Crippen LogP contribution in [0.5, 0.6) is 0 Å². The molecule has 5 rings (SSSR count). The van der Waals surface area contributed by atoms with Gasteiger partial charge in [0, 0.05) is 60.1 Å². The van der Waals surface area contributed by atoms with Crippen molar-refractivity contribution in [3.63, 3.8) is 0 Å². The van der Waals surface area contributed by atoms with Gasteiger partial charge >= 0.3 is 0 Å². The van der Waals surface area contributed by atoms with E-state index in [1.165, 1.54) is 6.07 Å². The summed E-state index contributed by atoms with van der Waals surface area (Å²) in [7, 11) is 0. The SMILES string of the molecule is O[C@@H]1C[C@@H](NCc2cccn3ncnc23)CC[C@@H]1NCc1cc2cccnc2cc1F. The fourth-order valence-electron chi connectivity index (χ4n) is 4.39. The first-order valence-electron chi connectivity index (χ1n) is 10.6. The number of halogens is 1. The number of pyridine rings is 2. The molecular weight excluding hydrogens is 395 g/mol. The molecule has 1 fully saturated rings. The molecule has 7 nitrogen and oxygen atoms in total. The Morgan fingerprint density at radius 2 is 1.97 bits per heavy atom. The van der Waals surface area contributed by atoms with E-state index in [0.717, 1.165) is 29.4 Å². The minimum atomic E-state index is -0.486. The number of aromatic nitrogens is 4. The fourth-order valence-corrected chi connectivity index (χ4v) is 4.39. The summed E-state index contributed by atoms with van der Waals surface area (Å²) in [5, 5.41) is 22.6. The van der Waals surface area contributed by atoms with E-state index in [1.807, 2.05) is 36.5 Å². The van der Waals surface area contributed by atoms with E-state index in [4.69, 9.17) is 0 Å². The van der Waals surface area contributed by atoms with Crippen LogP contribution < -0.4 is 10.6 Å². The molecule has 0 spiro atoms. The summed E-state index contributed by atoms with van der Waals surface area (Å²) in [5.74, 6) is -0.272. The molecule has 3 atom stereocenters. The first kappa shape index (κ1) is 20.0. The van der Waals surface area contributed by atoms with Crippen molar-refractivity contribution in [2.45, 2.75) is 50.5 Å². The number of aliphatic hydroxyl groups is 1. The van der Waals surface area contributed by atoms with Gasteiger partial charge < -0.3 is 15.7 Å². The van der Waals surface area contributed by atoms with Crippen LogP contribution >= 0.6 is 0 Å². The highest BCUT2D eigenvalue weighted by Crippen LogP contribution is 2.22. The van der Waals surface area contributed by atoms with Crippen LogP contribution in [-0.2, 0) is 13.1 Å². The molecule has 8 heteroatoms. The highest BCUT2D eigenvalue weighted by atomic mass is 19.1. The van der Waals surface area contributed by atoms with Crippen LogP contribution in [-0.4, -0.2) is 42.9 Å². The van der Waals surface area contributed by atoms with Gasteiger partial charge in [-0.3, -0.25) is 4.98 Å². The van der Waals surface area contributed by atoms with Crippen molar-refractivity contribution in [2.24, 2.45) is 0 Å². The quantitative estimate of drug-likeness (QED) is 0.445. The lowest BCUT2D eigenvalue weighted by molar-refractivity contribution is 0.0741. The highest BCUT2D eigenvalue weighted by molar-refractivity contribution is 5.79. The Morgan fingerprint density at radius 1 is 1.06 bits per heavy atom. The Morgan fingerprint density at radius 3 is 2.87 bits per heavy atom. The average molecular weight is 420 g/mol. The average Bonchev–Trinajstić information content (AvgIpc) is 3.26. The van der Waals surface area contributed by atoms with Gasteiger partial charge in [-0.25, -0.2) is 13.9 Å². The number of rotatable bonds is 6. The number of nitrogens with zero attached hydrogens (tertiary/aromatic N) is 4. The molecule has 1 saturated carbocycles. The lowest BCUT2D eigenvalue weighted by Crippen LogP contribution is -2.48. The van der Waals surface area contributed by atoms with E-state index in [9.17, 15) is 9.50 Å². The first-order chi connectivity index (χ1) is 15.2. The van der Waals surface area contributed by atoms with E-state index in [-0.39, 0.29) is 17.9 Å². The molecular formula is C23H25FN6O. The van der Waals surface area contributed by atoms with Crippen molar-refractivity contribution in [3.8, 4) is 0 Å². The van der Waals surface area contributed by atoms with Crippen LogP contribution in [0.2, 0.25) is 0 Å². The maximum atomic E-state index is 14.4. The first-order valence-corrected chi connectivity index (χ1v) is 10.6. The van der Waals surface area contributed by atoms with Crippen molar-refractivity contribution in [1.29, 1.82) is 0 Å². The predicted molar refractivity (Wildman–Crippen MR) is 116 cm³/mol. The van der Waals surface area contributed by atoms with Crippen LogP contribution in [0.1, 0.15) is 30.4 Å². The van der Waals surface area contributed by atoms with E-state index < -0.39 is 6.10 Å². The Labute approximate surface area is 179 Å². The lowest BCUT2D eigenvalue weighted by Gasteiger charge is -2.34. The Kier molecular flexibility index (Phi) is 5.59. The monoisotopic (exact) mass is 420 g/mol. The van der Waals surface area contributed by atoms with Crippen molar-refractivity contribution >= 4 is 16.6 Å². The minimum absolute atomic E-state index is 0.0537. The molecule has 1 aliphatic rings. The smallest absolute Gasteiger partial charge is 0.159 e. The third-order valence-corrected chi connectivity index (χ3v) is 6.11. The summed E-state index contributed by atoms with van der Waals surface area (Å²) in [6.45, 7) is 1.06. The second-order valence-electron chi connectivity index (χ2n) is 8.15. The van der Waals surface area contributed by atoms with E-state index in [1.54, 1.807) is 17.0 Å². The molecule has 0 unspecified atom stereocenters. The molecule has 0 saturated heterocycles. The molecule has 3 N–H and O–H groups in total. The molecule has 0 radical (unpaired) electrons. The molecule has 0 amide bonds. The van der Waals surface area contributed by atoms with Crippen LogP contribution in [0.3, 0.4) is 0 Å². The van der Waals surface area contributed by atoms with Crippen molar-refractivity contribution < 1.29 is 9.50 Å². The second kappa shape index (κ2) is 8.66. The summed E-state index contributed by atoms with van der Waals surface area (Å²) >= 11 is 0. The number of fused-ring (bicyclic) bond motifs is 2. The molecule has 3 heterocycles. The minimum Gasteiger partial charge on any atom is -0.391 e. The summed E-state index contributed by atoms with van der Waals surface area (Å²) in [5.41, 5.74) is 3.17. The van der Waals surface area contributed by atoms with Gasteiger partial charge in [0.2, 0.25) is 0 Å². The van der Waals surface area contributed by atoms with Gasteiger partial charge in [-0.05, 0) is 37.5 Å². The van der Waals surface area contributed by atoms with Crippen molar-refractivity contribution in [1.82, 2.24) is 30.2 Å². The standard InChI is InChI=1S/C23H25FN6O/c24-19-11-21-15(3-1-7-25-21)9-17(19)13-27-20-6-5-18(10-22(20)31)26-12-16-4-2-8-30-23(16)28-14-29-30/h1-4,7-9,11,14,18,20,22,26-27,31H,5-6,10,12-13H2/t18-,20-,22+/m0/s1. The van der Waals surface area contributed by atoms with E-state index in [0.29, 0.717) is 30.6 Å². The number of hydrogen-bond acceptors (Lipinski definition) is 6. The molecule has 4 aromatic rings. The molecule has 160 valence electrons. The normalized spacial score (nSPS) is 21.7. The van der Waals surface area contributed by atoms with Crippen LogP contribution in [0.4, 0.5) is 4.39 Å². The topological polar surface area (TPSA) is 87.4 Å². The van der Waals surface area contributed by atoms with Crippen LogP contribution in [0, 0.1) is 5.82 Å². The molecule has 3 aromatic heterocycles. The molecule has 31 heavy (non-hydrogen) atoms. The maximum Gasteiger partial charge on any atom is 0.159 e.